The van der Waals surface area contributed by atoms with Gasteiger partial charge in [-0.3, -0.25) is 4.79 Å². The van der Waals surface area contributed by atoms with Crippen molar-refractivity contribution in [1.29, 1.82) is 0 Å². The van der Waals surface area contributed by atoms with Crippen molar-refractivity contribution >= 4 is 11.5 Å². The van der Waals surface area contributed by atoms with E-state index in [-0.39, 0.29) is 5.91 Å². The van der Waals surface area contributed by atoms with Gasteiger partial charge in [0.05, 0.1) is 0 Å². The summed E-state index contributed by atoms with van der Waals surface area (Å²) in [4.78, 5) is 14.3. The van der Waals surface area contributed by atoms with Crippen LogP contribution in [0.25, 0.3) is 5.57 Å². The largest absolute Gasteiger partial charge is 0.339 e. The number of carbonyl (C=O) groups excluding carboxylic acids is 1. The molecule has 0 unspecified atom stereocenters. The first-order valence-corrected chi connectivity index (χ1v) is 7.58. The van der Waals surface area contributed by atoms with Crippen molar-refractivity contribution in [2.24, 2.45) is 5.92 Å². The van der Waals surface area contributed by atoms with E-state index in [0.717, 1.165) is 29.9 Å². The summed E-state index contributed by atoms with van der Waals surface area (Å²) in [5.41, 5.74) is 2.15. The highest BCUT2D eigenvalue weighted by molar-refractivity contribution is 5.94. The summed E-state index contributed by atoms with van der Waals surface area (Å²) in [7, 11) is 1.94. The zero-order valence-electron chi connectivity index (χ0n) is 12.8. The lowest BCUT2D eigenvalue weighted by Gasteiger charge is -2.33. The molecule has 1 aliphatic rings. The van der Waals surface area contributed by atoms with E-state index in [0.29, 0.717) is 6.04 Å². The fourth-order valence-electron chi connectivity index (χ4n) is 2.88. The van der Waals surface area contributed by atoms with Crippen molar-refractivity contribution in [3.05, 3.63) is 42.0 Å². The van der Waals surface area contributed by atoms with Gasteiger partial charge in [-0.25, -0.2) is 0 Å². The Labute approximate surface area is 122 Å². The number of likely N-dealkylation sites (N-methyl/N-ethyl adjacent to an activating group) is 1. The smallest absolute Gasteiger partial charge is 0.246 e. The Bertz CT molecular complexity index is 469. The summed E-state index contributed by atoms with van der Waals surface area (Å²) in [5.74, 6) is 0.947. The van der Waals surface area contributed by atoms with Crippen LogP contribution >= 0.6 is 0 Å². The molecule has 1 aromatic carbocycles. The molecular formula is C18H25NO. The fraction of sp³-hybridized carbons (Fsp3) is 0.500. The van der Waals surface area contributed by atoms with Crippen LogP contribution in [0.4, 0.5) is 0 Å². The summed E-state index contributed by atoms with van der Waals surface area (Å²) in [6, 6.07) is 10.5. The summed E-state index contributed by atoms with van der Waals surface area (Å²) in [6.07, 6.45) is 6.53. The standard InChI is InChI=1S/C18H25NO/c1-14-9-11-17(12-10-14)19(3)18(20)13-15(2)16-7-5-4-6-8-16/h4-8,13-14,17H,9-12H2,1-3H3/b15-13-. The molecule has 0 aromatic heterocycles. The van der Waals surface area contributed by atoms with Crippen LogP contribution in [-0.4, -0.2) is 23.9 Å². The number of benzene rings is 1. The number of hydrogen-bond acceptors (Lipinski definition) is 1. The van der Waals surface area contributed by atoms with Gasteiger partial charge < -0.3 is 4.90 Å². The molecule has 1 aliphatic carbocycles. The van der Waals surface area contributed by atoms with Gasteiger partial charge in [0.1, 0.15) is 0 Å². The third-order valence-corrected chi connectivity index (χ3v) is 4.45. The lowest BCUT2D eigenvalue weighted by molar-refractivity contribution is -0.127. The molecule has 1 amide bonds. The van der Waals surface area contributed by atoms with E-state index in [2.05, 4.69) is 6.92 Å². The molecule has 1 fully saturated rings. The van der Waals surface area contributed by atoms with Crippen LogP contribution in [0.3, 0.4) is 0 Å². The van der Waals surface area contributed by atoms with Gasteiger partial charge >= 0.3 is 0 Å². The minimum absolute atomic E-state index is 0.130. The van der Waals surface area contributed by atoms with Gasteiger partial charge in [-0.2, -0.15) is 0 Å². The molecule has 108 valence electrons. The second-order valence-electron chi connectivity index (χ2n) is 6.06. The molecule has 0 bridgehead atoms. The molecule has 1 aromatic rings. The number of allylic oxidation sites excluding steroid dienone is 1. The lowest BCUT2D eigenvalue weighted by atomic mass is 9.86. The molecular weight excluding hydrogens is 246 g/mol. The number of rotatable bonds is 3. The number of amides is 1. The average molecular weight is 271 g/mol. The highest BCUT2D eigenvalue weighted by Gasteiger charge is 2.23. The Kier molecular flexibility index (Phi) is 4.99. The van der Waals surface area contributed by atoms with Gasteiger partial charge in [-0.05, 0) is 49.7 Å². The van der Waals surface area contributed by atoms with Crippen molar-refractivity contribution in [3.8, 4) is 0 Å². The fourth-order valence-corrected chi connectivity index (χ4v) is 2.88. The highest BCUT2D eigenvalue weighted by atomic mass is 16.2. The predicted octanol–water partition coefficient (Wildman–Crippen LogP) is 4.13. The van der Waals surface area contributed by atoms with Gasteiger partial charge in [0.15, 0.2) is 0 Å². The Hall–Kier alpha value is -1.57. The maximum Gasteiger partial charge on any atom is 0.246 e. The Morgan fingerprint density at radius 3 is 2.35 bits per heavy atom. The van der Waals surface area contributed by atoms with Crippen LogP contribution in [0, 0.1) is 5.92 Å². The maximum absolute atomic E-state index is 12.4. The molecule has 2 rings (SSSR count). The lowest BCUT2D eigenvalue weighted by Crippen LogP contribution is -2.38. The van der Waals surface area contributed by atoms with Gasteiger partial charge in [0.2, 0.25) is 5.91 Å². The molecule has 0 radical (unpaired) electrons. The Morgan fingerprint density at radius 1 is 1.15 bits per heavy atom. The van der Waals surface area contributed by atoms with E-state index in [9.17, 15) is 4.79 Å². The zero-order valence-corrected chi connectivity index (χ0v) is 12.8. The van der Waals surface area contributed by atoms with Crippen molar-refractivity contribution in [1.82, 2.24) is 4.90 Å². The Balaban J connectivity index is 2.00. The minimum Gasteiger partial charge on any atom is -0.339 e. The van der Waals surface area contributed by atoms with Crippen LogP contribution in [0.1, 0.15) is 45.1 Å². The molecule has 2 nitrogen and oxygen atoms in total. The third kappa shape index (κ3) is 3.72. The molecule has 0 aliphatic heterocycles. The normalized spacial score (nSPS) is 23.4. The van der Waals surface area contributed by atoms with E-state index >= 15 is 0 Å². The van der Waals surface area contributed by atoms with Gasteiger partial charge in [-0.15, -0.1) is 0 Å². The van der Waals surface area contributed by atoms with Crippen LogP contribution < -0.4 is 0 Å². The molecule has 1 saturated carbocycles. The van der Waals surface area contributed by atoms with Crippen molar-refractivity contribution < 1.29 is 4.79 Å². The minimum atomic E-state index is 0.130. The molecule has 0 saturated heterocycles. The zero-order chi connectivity index (χ0) is 14.5. The highest BCUT2D eigenvalue weighted by Crippen LogP contribution is 2.26. The first kappa shape index (κ1) is 14.8. The van der Waals surface area contributed by atoms with E-state index in [1.54, 1.807) is 6.08 Å². The van der Waals surface area contributed by atoms with Gasteiger partial charge in [0, 0.05) is 19.2 Å². The molecule has 20 heavy (non-hydrogen) atoms. The third-order valence-electron chi connectivity index (χ3n) is 4.45. The predicted molar refractivity (Wildman–Crippen MR) is 84.3 cm³/mol. The summed E-state index contributed by atoms with van der Waals surface area (Å²) in [5, 5.41) is 0. The van der Waals surface area contributed by atoms with Crippen molar-refractivity contribution in [3.63, 3.8) is 0 Å². The molecule has 2 heteroatoms. The summed E-state index contributed by atoms with van der Waals surface area (Å²) < 4.78 is 0. The quantitative estimate of drug-likeness (QED) is 0.757. The summed E-state index contributed by atoms with van der Waals surface area (Å²) in [6.45, 7) is 4.31. The molecule has 0 atom stereocenters. The van der Waals surface area contributed by atoms with Gasteiger partial charge in [-0.1, -0.05) is 37.3 Å². The van der Waals surface area contributed by atoms with E-state index in [1.165, 1.54) is 12.8 Å². The first-order valence-electron chi connectivity index (χ1n) is 7.58. The molecule has 0 heterocycles. The van der Waals surface area contributed by atoms with Crippen LogP contribution in [0.15, 0.2) is 36.4 Å². The monoisotopic (exact) mass is 271 g/mol. The van der Waals surface area contributed by atoms with Crippen molar-refractivity contribution in [2.75, 3.05) is 7.05 Å². The van der Waals surface area contributed by atoms with E-state index < -0.39 is 0 Å². The molecule has 0 N–H and O–H groups in total. The van der Waals surface area contributed by atoms with Crippen molar-refractivity contribution in [2.45, 2.75) is 45.6 Å². The Morgan fingerprint density at radius 2 is 1.75 bits per heavy atom. The first-order chi connectivity index (χ1) is 9.58. The SMILES string of the molecule is C/C(=C/C(=O)N(C)C1CCC(C)CC1)c1ccccc1. The van der Waals surface area contributed by atoms with Crippen LogP contribution in [-0.2, 0) is 4.79 Å². The topological polar surface area (TPSA) is 20.3 Å². The van der Waals surface area contributed by atoms with E-state index in [1.807, 2.05) is 49.2 Å². The average Bonchev–Trinajstić information content (AvgIpc) is 2.48. The van der Waals surface area contributed by atoms with Crippen LogP contribution in [0.5, 0.6) is 0 Å². The number of nitrogens with zero attached hydrogens (tertiary/aromatic N) is 1. The van der Waals surface area contributed by atoms with Gasteiger partial charge in [0.25, 0.3) is 0 Å². The van der Waals surface area contributed by atoms with E-state index in [4.69, 9.17) is 0 Å². The summed E-state index contributed by atoms with van der Waals surface area (Å²) >= 11 is 0. The number of carbonyl (C=O) groups is 1. The second-order valence-corrected chi connectivity index (χ2v) is 6.06. The van der Waals surface area contributed by atoms with Crippen LogP contribution in [0.2, 0.25) is 0 Å². The molecule has 0 spiro atoms. The maximum atomic E-state index is 12.4. The number of hydrogen-bond donors (Lipinski definition) is 0. The second kappa shape index (κ2) is 6.74.